The molecule has 0 heterocycles. The SMILES string of the molecule is CNCC(C)C(=O)NCCCS(=O)(=O)c1ccccc1. The van der Waals surface area contributed by atoms with Crippen LogP contribution in [0.4, 0.5) is 0 Å². The summed E-state index contributed by atoms with van der Waals surface area (Å²) in [5.74, 6) is -0.139. The highest BCUT2D eigenvalue weighted by Gasteiger charge is 2.14. The van der Waals surface area contributed by atoms with Crippen molar-refractivity contribution in [2.24, 2.45) is 5.92 Å². The second-order valence-corrected chi connectivity index (χ2v) is 6.84. The van der Waals surface area contributed by atoms with Gasteiger partial charge in [-0.2, -0.15) is 0 Å². The quantitative estimate of drug-likeness (QED) is 0.697. The van der Waals surface area contributed by atoms with E-state index in [-0.39, 0.29) is 17.6 Å². The Bertz CT molecular complexity index is 514. The largest absolute Gasteiger partial charge is 0.356 e. The number of amides is 1. The van der Waals surface area contributed by atoms with E-state index >= 15 is 0 Å². The monoisotopic (exact) mass is 298 g/mol. The lowest BCUT2D eigenvalue weighted by atomic mass is 10.1. The summed E-state index contributed by atoms with van der Waals surface area (Å²) in [7, 11) is -1.46. The molecule has 112 valence electrons. The van der Waals surface area contributed by atoms with Gasteiger partial charge in [0.05, 0.1) is 10.6 Å². The van der Waals surface area contributed by atoms with Crippen LogP contribution in [-0.4, -0.2) is 40.2 Å². The molecule has 1 rings (SSSR count). The van der Waals surface area contributed by atoms with Gasteiger partial charge >= 0.3 is 0 Å². The van der Waals surface area contributed by atoms with Crippen molar-refractivity contribution < 1.29 is 13.2 Å². The van der Waals surface area contributed by atoms with Gasteiger partial charge in [0, 0.05) is 19.0 Å². The highest BCUT2D eigenvalue weighted by atomic mass is 32.2. The maximum absolute atomic E-state index is 12.0. The van der Waals surface area contributed by atoms with Crippen LogP contribution < -0.4 is 10.6 Å². The van der Waals surface area contributed by atoms with Crippen LogP contribution in [0.2, 0.25) is 0 Å². The van der Waals surface area contributed by atoms with Gasteiger partial charge in [-0.3, -0.25) is 4.79 Å². The number of rotatable bonds is 8. The molecule has 1 aromatic carbocycles. The molecule has 0 saturated heterocycles. The van der Waals surface area contributed by atoms with Crippen molar-refractivity contribution >= 4 is 15.7 Å². The Morgan fingerprint density at radius 1 is 1.25 bits per heavy atom. The molecule has 0 fully saturated rings. The van der Waals surface area contributed by atoms with Crippen molar-refractivity contribution in [1.29, 1.82) is 0 Å². The lowest BCUT2D eigenvalue weighted by Gasteiger charge is -2.11. The molecule has 0 bridgehead atoms. The molecule has 0 aliphatic heterocycles. The van der Waals surface area contributed by atoms with Crippen LogP contribution in [0.1, 0.15) is 13.3 Å². The highest BCUT2D eigenvalue weighted by Crippen LogP contribution is 2.10. The minimum atomic E-state index is -3.25. The van der Waals surface area contributed by atoms with Gasteiger partial charge in [0.15, 0.2) is 9.84 Å². The Labute approximate surface area is 120 Å². The predicted octanol–water partition coefficient (Wildman–Crippen LogP) is 0.822. The summed E-state index contributed by atoms with van der Waals surface area (Å²) >= 11 is 0. The van der Waals surface area contributed by atoms with Crippen molar-refractivity contribution in [2.45, 2.75) is 18.2 Å². The van der Waals surface area contributed by atoms with Gasteiger partial charge in [-0.1, -0.05) is 25.1 Å². The smallest absolute Gasteiger partial charge is 0.224 e. The Morgan fingerprint density at radius 3 is 2.50 bits per heavy atom. The molecule has 1 unspecified atom stereocenters. The van der Waals surface area contributed by atoms with Gasteiger partial charge < -0.3 is 10.6 Å². The molecule has 0 aliphatic rings. The Kier molecular flexibility index (Phi) is 6.67. The molecule has 1 amide bonds. The first-order valence-electron chi connectivity index (χ1n) is 6.67. The summed E-state index contributed by atoms with van der Waals surface area (Å²) in [5.41, 5.74) is 0. The maximum atomic E-state index is 12.0. The van der Waals surface area contributed by atoms with E-state index in [1.165, 1.54) is 0 Å². The van der Waals surface area contributed by atoms with Crippen molar-refractivity contribution in [1.82, 2.24) is 10.6 Å². The van der Waals surface area contributed by atoms with E-state index in [9.17, 15) is 13.2 Å². The average molecular weight is 298 g/mol. The molecule has 1 aromatic rings. The zero-order valence-corrected chi connectivity index (χ0v) is 12.7. The van der Waals surface area contributed by atoms with E-state index < -0.39 is 9.84 Å². The number of nitrogens with one attached hydrogen (secondary N) is 2. The number of carbonyl (C=O) groups excluding carboxylic acids is 1. The maximum Gasteiger partial charge on any atom is 0.224 e. The molecule has 6 heteroatoms. The Hall–Kier alpha value is -1.40. The number of carbonyl (C=O) groups is 1. The molecule has 0 spiro atoms. The van der Waals surface area contributed by atoms with Crippen LogP contribution in [0.3, 0.4) is 0 Å². The van der Waals surface area contributed by atoms with Crippen LogP contribution in [-0.2, 0) is 14.6 Å². The van der Waals surface area contributed by atoms with E-state index in [1.54, 1.807) is 37.4 Å². The lowest BCUT2D eigenvalue weighted by Crippen LogP contribution is -2.35. The van der Waals surface area contributed by atoms with Gasteiger partial charge in [-0.05, 0) is 25.6 Å². The number of hydrogen-bond donors (Lipinski definition) is 2. The fourth-order valence-corrected chi connectivity index (χ4v) is 3.12. The second-order valence-electron chi connectivity index (χ2n) is 4.74. The van der Waals surface area contributed by atoms with E-state index in [0.29, 0.717) is 24.4 Å². The minimum absolute atomic E-state index is 0.0394. The van der Waals surface area contributed by atoms with Gasteiger partial charge in [-0.25, -0.2) is 8.42 Å². The fraction of sp³-hybridized carbons (Fsp3) is 0.500. The molecule has 0 radical (unpaired) electrons. The topological polar surface area (TPSA) is 75.3 Å². The molecule has 0 aliphatic carbocycles. The summed E-state index contributed by atoms with van der Waals surface area (Å²) in [5, 5.41) is 5.68. The highest BCUT2D eigenvalue weighted by molar-refractivity contribution is 7.91. The molecule has 0 saturated carbocycles. The van der Waals surface area contributed by atoms with Crippen LogP contribution in [0.15, 0.2) is 35.2 Å². The zero-order valence-electron chi connectivity index (χ0n) is 11.9. The average Bonchev–Trinajstić information content (AvgIpc) is 2.44. The van der Waals surface area contributed by atoms with Gasteiger partial charge in [-0.15, -0.1) is 0 Å². The second kappa shape index (κ2) is 8.01. The third-order valence-corrected chi connectivity index (χ3v) is 4.77. The van der Waals surface area contributed by atoms with Gasteiger partial charge in [0.2, 0.25) is 5.91 Å². The summed E-state index contributed by atoms with van der Waals surface area (Å²) < 4.78 is 24.0. The van der Waals surface area contributed by atoms with E-state index in [0.717, 1.165) is 0 Å². The molecule has 20 heavy (non-hydrogen) atoms. The predicted molar refractivity (Wildman–Crippen MR) is 79.2 cm³/mol. The normalized spacial score (nSPS) is 12.9. The third-order valence-electron chi connectivity index (χ3n) is 2.95. The first-order valence-corrected chi connectivity index (χ1v) is 8.32. The number of benzene rings is 1. The molecule has 1 atom stereocenters. The summed E-state index contributed by atoms with van der Waals surface area (Å²) in [6, 6.07) is 8.36. The standard InChI is InChI=1S/C14H22N2O3S/c1-12(11-15-2)14(17)16-9-6-10-20(18,19)13-7-4-3-5-8-13/h3-5,7-8,12,15H,6,9-11H2,1-2H3,(H,16,17). The summed E-state index contributed by atoms with van der Waals surface area (Å²) in [4.78, 5) is 12.0. The molecular formula is C14H22N2O3S. The molecule has 5 nitrogen and oxygen atoms in total. The molecule has 2 N–H and O–H groups in total. The van der Waals surface area contributed by atoms with Gasteiger partial charge in [0.25, 0.3) is 0 Å². The number of sulfone groups is 1. The van der Waals surface area contributed by atoms with Gasteiger partial charge in [0.1, 0.15) is 0 Å². The Balaban J connectivity index is 2.36. The third kappa shape index (κ3) is 5.30. The van der Waals surface area contributed by atoms with Crippen molar-refractivity contribution in [2.75, 3.05) is 25.9 Å². The van der Waals surface area contributed by atoms with E-state index in [4.69, 9.17) is 0 Å². The van der Waals surface area contributed by atoms with Crippen molar-refractivity contribution in [3.63, 3.8) is 0 Å². The number of hydrogen-bond acceptors (Lipinski definition) is 4. The first-order chi connectivity index (χ1) is 9.47. The summed E-state index contributed by atoms with van der Waals surface area (Å²) in [6.07, 6.45) is 0.412. The Morgan fingerprint density at radius 2 is 1.90 bits per heavy atom. The zero-order chi connectivity index (χ0) is 15.0. The van der Waals surface area contributed by atoms with Crippen LogP contribution in [0.5, 0.6) is 0 Å². The summed E-state index contributed by atoms with van der Waals surface area (Å²) in [6.45, 7) is 2.81. The van der Waals surface area contributed by atoms with Crippen molar-refractivity contribution in [3.8, 4) is 0 Å². The minimum Gasteiger partial charge on any atom is -0.356 e. The first kappa shape index (κ1) is 16.7. The van der Waals surface area contributed by atoms with E-state index in [1.807, 2.05) is 6.92 Å². The molecular weight excluding hydrogens is 276 g/mol. The lowest BCUT2D eigenvalue weighted by molar-refractivity contribution is -0.124. The molecule has 0 aromatic heterocycles. The van der Waals surface area contributed by atoms with Crippen molar-refractivity contribution in [3.05, 3.63) is 30.3 Å². The fourth-order valence-electron chi connectivity index (χ4n) is 1.79. The van der Waals surface area contributed by atoms with E-state index in [2.05, 4.69) is 10.6 Å². The van der Waals surface area contributed by atoms with Crippen LogP contribution in [0, 0.1) is 5.92 Å². The van der Waals surface area contributed by atoms with Crippen LogP contribution in [0.25, 0.3) is 0 Å². The van der Waals surface area contributed by atoms with Crippen LogP contribution >= 0.6 is 0 Å².